The second kappa shape index (κ2) is 11.4. The fourth-order valence-corrected chi connectivity index (χ4v) is 1.66. The number of hydrogen-bond acceptors (Lipinski definition) is 4. The highest BCUT2D eigenvalue weighted by Gasteiger charge is 2.05. The second-order valence-corrected chi connectivity index (χ2v) is 4.65. The number of ether oxygens (including phenoxy) is 2. The largest absolute Gasteiger partial charge is 0.389 e. The Morgan fingerprint density at radius 3 is 2.86 bits per heavy atom. The number of halogens is 1. The molecule has 1 aromatic carbocycles. The molecule has 118 valence electrons. The molecule has 1 aromatic rings. The van der Waals surface area contributed by atoms with E-state index in [-0.39, 0.29) is 19.0 Å². The first kappa shape index (κ1) is 17.8. The maximum Gasteiger partial charge on any atom is 0.128 e. The Bertz CT molecular complexity index is 401. The fraction of sp³-hybridized carbons (Fsp3) is 0.500. The highest BCUT2D eigenvalue weighted by Crippen LogP contribution is 2.07. The molecule has 5 heteroatoms. The van der Waals surface area contributed by atoms with Crippen molar-refractivity contribution in [2.75, 3.05) is 32.9 Å². The third-order valence-electron chi connectivity index (χ3n) is 2.80. The van der Waals surface area contributed by atoms with Gasteiger partial charge in [-0.3, -0.25) is 0 Å². The number of benzene rings is 1. The summed E-state index contributed by atoms with van der Waals surface area (Å²) in [7, 11) is 0. The number of nitrogens with one attached hydrogen (secondary N) is 1. The Kier molecular flexibility index (Phi) is 9.65. The lowest BCUT2D eigenvalue weighted by molar-refractivity contribution is 0.0268. The monoisotopic (exact) mass is 297 g/mol. The predicted octanol–water partition coefficient (Wildman–Crippen LogP) is 1.89. The van der Waals surface area contributed by atoms with Crippen LogP contribution in [0, 0.1) is 5.82 Å². The van der Waals surface area contributed by atoms with Crippen LogP contribution in [-0.4, -0.2) is 44.1 Å². The summed E-state index contributed by atoms with van der Waals surface area (Å²) in [5, 5.41) is 12.8. The molecule has 0 fully saturated rings. The van der Waals surface area contributed by atoms with E-state index in [1.807, 2.05) is 6.08 Å². The van der Waals surface area contributed by atoms with Gasteiger partial charge in [-0.05, 0) is 12.5 Å². The lowest BCUT2D eigenvalue weighted by Crippen LogP contribution is -2.32. The normalized spacial score (nSPS) is 12.3. The molecule has 0 heterocycles. The Labute approximate surface area is 125 Å². The minimum atomic E-state index is -0.620. The van der Waals surface area contributed by atoms with Crippen LogP contribution in [0.4, 0.5) is 4.39 Å². The van der Waals surface area contributed by atoms with Crippen molar-refractivity contribution in [3.63, 3.8) is 0 Å². The molecule has 0 bridgehead atoms. The minimum Gasteiger partial charge on any atom is -0.389 e. The Balaban J connectivity index is 2.00. The molecule has 0 aromatic heterocycles. The molecule has 1 unspecified atom stereocenters. The zero-order chi connectivity index (χ0) is 15.3. The maximum absolute atomic E-state index is 13.3. The van der Waals surface area contributed by atoms with Crippen LogP contribution in [0.3, 0.4) is 0 Å². The Hall–Kier alpha value is -1.27. The summed E-state index contributed by atoms with van der Waals surface area (Å²) in [4.78, 5) is 0. The van der Waals surface area contributed by atoms with E-state index in [4.69, 9.17) is 9.47 Å². The second-order valence-electron chi connectivity index (χ2n) is 4.65. The van der Waals surface area contributed by atoms with Gasteiger partial charge in [0, 0.05) is 18.7 Å². The van der Waals surface area contributed by atoms with E-state index >= 15 is 0 Å². The van der Waals surface area contributed by atoms with Crippen molar-refractivity contribution < 1.29 is 19.0 Å². The smallest absolute Gasteiger partial charge is 0.128 e. The highest BCUT2D eigenvalue weighted by molar-refractivity contribution is 5.16. The first-order valence-electron chi connectivity index (χ1n) is 7.12. The molecule has 0 aliphatic rings. The summed E-state index contributed by atoms with van der Waals surface area (Å²) in [6.07, 6.45) is 2.03. The van der Waals surface area contributed by atoms with Crippen LogP contribution in [0.25, 0.3) is 0 Å². The fourth-order valence-electron chi connectivity index (χ4n) is 1.66. The molecular weight excluding hydrogens is 273 g/mol. The van der Waals surface area contributed by atoms with Gasteiger partial charge in [0.2, 0.25) is 0 Å². The summed E-state index contributed by atoms with van der Waals surface area (Å²) in [6.45, 7) is 6.28. The average Bonchev–Trinajstić information content (AvgIpc) is 2.48. The minimum absolute atomic E-state index is 0.161. The molecule has 0 amide bonds. The van der Waals surface area contributed by atoms with Gasteiger partial charge in [0.1, 0.15) is 5.82 Å². The topological polar surface area (TPSA) is 50.7 Å². The van der Waals surface area contributed by atoms with E-state index in [1.165, 1.54) is 6.07 Å². The zero-order valence-electron chi connectivity index (χ0n) is 12.3. The number of aliphatic hydroxyl groups excluding tert-OH is 1. The van der Waals surface area contributed by atoms with Gasteiger partial charge in [0.25, 0.3) is 0 Å². The zero-order valence-corrected chi connectivity index (χ0v) is 12.3. The van der Waals surface area contributed by atoms with E-state index in [0.717, 1.165) is 6.42 Å². The van der Waals surface area contributed by atoms with Gasteiger partial charge in [-0.1, -0.05) is 24.3 Å². The van der Waals surface area contributed by atoms with Crippen molar-refractivity contribution in [1.29, 1.82) is 0 Å². The molecule has 4 nitrogen and oxygen atoms in total. The van der Waals surface area contributed by atoms with Crippen molar-refractivity contribution in [1.82, 2.24) is 5.32 Å². The molecular formula is C16H24FNO3. The number of aliphatic hydroxyl groups is 1. The van der Waals surface area contributed by atoms with Gasteiger partial charge in [-0.2, -0.15) is 0 Å². The predicted molar refractivity (Wildman–Crippen MR) is 80.6 cm³/mol. The van der Waals surface area contributed by atoms with Crippen molar-refractivity contribution in [2.45, 2.75) is 19.1 Å². The molecule has 1 atom stereocenters. The van der Waals surface area contributed by atoms with Gasteiger partial charge >= 0.3 is 0 Å². The van der Waals surface area contributed by atoms with E-state index in [1.54, 1.807) is 18.2 Å². The van der Waals surface area contributed by atoms with Gasteiger partial charge in [0.05, 0.1) is 32.5 Å². The average molecular weight is 297 g/mol. The molecule has 2 N–H and O–H groups in total. The van der Waals surface area contributed by atoms with E-state index < -0.39 is 6.10 Å². The van der Waals surface area contributed by atoms with Crippen molar-refractivity contribution in [2.24, 2.45) is 0 Å². The molecule has 0 saturated carbocycles. The quantitative estimate of drug-likeness (QED) is 0.457. The lowest BCUT2D eigenvalue weighted by Gasteiger charge is -2.12. The summed E-state index contributed by atoms with van der Waals surface area (Å²) >= 11 is 0. The summed E-state index contributed by atoms with van der Waals surface area (Å²) in [5.41, 5.74) is 0.494. The van der Waals surface area contributed by atoms with Gasteiger partial charge in [0.15, 0.2) is 0 Å². The number of rotatable bonds is 12. The van der Waals surface area contributed by atoms with Crippen molar-refractivity contribution in [3.8, 4) is 0 Å². The number of hydrogen-bond donors (Lipinski definition) is 2. The molecule has 0 radical (unpaired) electrons. The van der Waals surface area contributed by atoms with Crippen LogP contribution in [0.5, 0.6) is 0 Å². The summed E-state index contributed by atoms with van der Waals surface area (Å²) in [6, 6.07) is 6.45. The standard InChI is InChI=1S/C16H24FNO3/c1-2-3-9-20-10-8-18-11-15(19)13-21-12-14-6-4-5-7-16(14)17/h2,4-7,15,18-19H,1,3,8-13H2. The first-order chi connectivity index (χ1) is 10.2. The molecule has 0 aliphatic heterocycles. The summed E-state index contributed by atoms with van der Waals surface area (Å²) in [5.74, 6) is -0.290. The van der Waals surface area contributed by atoms with Crippen LogP contribution in [0.1, 0.15) is 12.0 Å². The third-order valence-corrected chi connectivity index (χ3v) is 2.80. The van der Waals surface area contributed by atoms with Gasteiger partial charge in [-0.15, -0.1) is 6.58 Å². The first-order valence-corrected chi connectivity index (χ1v) is 7.12. The van der Waals surface area contributed by atoms with Crippen LogP contribution in [0.2, 0.25) is 0 Å². The Morgan fingerprint density at radius 1 is 1.29 bits per heavy atom. The summed E-state index contributed by atoms with van der Waals surface area (Å²) < 4.78 is 23.9. The molecule has 0 aliphatic carbocycles. The van der Waals surface area contributed by atoms with Crippen LogP contribution in [0.15, 0.2) is 36.9 Å². The van der Waals surface area contributed by atoms with Crippen molar-refractivity contribution >= 4 is 0 Å². The van der Waals surface area contributed by atoms with Crippen molar-refractivity contribution in [3.05, 3.63) is 48.3 Å². The van der Waals surface area contributed by atoms with Gasteiger partial charge < -0.3 is 19.9 Å². The lowest BCUT2D eigenvalue weighted by atomic mass is 10.2. The highest BCUT2D eigenvalue weighted by atomic mass is 19.1. The molecule has 0 saturated heterocycles. The molecule has 1 rings (SSSR count). The third kappa shape index (κ3) is 8.57. The maximum atomic E-state index is 13.3. The van der Waals surface area contributed by atoms with E-state index in [9.17, 15) is 9.50 Å². The van der Waals surface area contributed by atoms with Crippen LogP contribution in [-0.2, 0) is 16.1 Å². The molecule has 0 spiro atoms. The Morgan fingerprint density at radius 2 is 2.10 bits per heavy atom. The van der Waals surface area contributed by atoms with E-state index in [2.05, 4.69) is 11.9 Å². The van der Waals surface area contributed by atoms with Gasteiger partial charge in [-0.25, -0.2) is 4.39 Å². The van der Waals surface area contributed by atoms with Crippen LogP contribution >= 0.6 is 0 Å². The molecule has 21 heavy (non-hydrogen) atoms. The van der Waals surface area contributed by atoms with Crippen LogP contribution < -0.4 is 5.32 Å². The van der Waals surface area contributed by atoms with E-state index in [0.29, 0.717) is 31.9 Å². The SMILES string of the molecule is C=CCCOCCNCC(O)COCc1ccccc1F.